The average Bonchev–Trinajstić information content (AvgIpc) is 2.42. The number of aryl methyl sites for hydroxylation is 1. The normalized spacial score (nSPS) is 11.6. The van der Waals surface area contributed by atoms with Crippen molar-refractivity contribution in [2.45, 2.75) is 45.4 Å². The number of hydrogen-bond donors (Lipinski definition) is 2. The fourth-order valence-corrected chi connectivity index (χ4v) is 2.13. The van der Waals surface area contributed by atoms with Crippen molar-refractivity contribution in [2.24, 2.45) is 5.73 Å². The van der Waals surface area contributed by atoms with Crippen LogP contribution in [0.5, 0.6) is 0 Å². The van der Waals surface area contributed by atoms with Gasteiger partial charge in [0.2, 0.25) is 5.91 Å². The highest BCUT2D eigenvalue weighted by atomic mass is 35.5. The Labute approximate surface area is 128 Å². The van der Waals surface area contributed by atoms with Crippen LogP contribution < -0.4 is 11.1 Å². The summed E-state index contributed by atoms with van der Waals surface area (Å²) in [6.45, 7) is 5.64. The summed E-state index contributed by atoms with van der Waals surface area (Å²) >= 11 is 0. The third kappa shape index (κ3) is 6.92. The van der Waals surface area contributed by atoms with Gasteiger partial charge in [0.05, 0.1) is 0 Å². The van der Waals surface area contributed by atoms with E-state index >= 15 is 0 Å². The molecule has 3 nitrogen and oxygen atoms in total. The van der Waals surface area contributed by atoms with Crippen molar-refractivity contribution in [3.05, 3.63) is 35.4 Å². The van der Waals surface area contributed by atoms with Gasteiger partial charge < -0.3 is 11.1 Å². The number of amides is 1. The van der Waals surface area contributed by atoms with Gasteiger partial charge in [-0.1, -0.05) is 36.8 Å². The monoisotopic (exact) mass is 298 g/mol. The molecule has 4 heteroatoms. The van der Waals surface area contributed by atoms with Crippen LogP contribution in [0.25, 0.3) is 0 Å². The molecule has 3 N–H and O–H groups in total. The number of unbranched alkanes of at least 4 members (excludes halogenated alkanes) is 1. The quantitative estimate of drug-likeness (QED) is 0.724. The molecule has 0 radical (unpaired) electrons. The molecule has 0 fully saturated rings. The highest BCUT2D eigenvalue weighted by Crippen LogP contribution is 2.23. The van der Waals surface area contributed by atoms with Crippen LogP contribution >= 0.6 is 12.4 Å². The minimum Gasteiger partial charge on any atom is -0.356 e. The first kappa shape index (κ1) is 18.9. The SMILES string of the molecule is CCC(CC(=O)NCCCCN)c1ccc(C)cc1.Cl. The van der Waals surface area contributed by atoms with Gasteiger partial charge in [-0.2, -0.15) is 0 Å². The number of hydrogen-bond acceptors (Lipinski definition) is 2. The molecular formula is C16H27ClN2O. The predicted molar refractivity (Wildman–Crippen MR) is 87.4 cm³/mol. The zero-order chi connectivity index (χ0) is 14.1. The van der Waals surface area contributed by atoms with Gasteiger partial charge in [-0.05, 0) is 44.2 Å². The maximum Gasteiger partial charge on any atom is 0.220 e. The average molecular weight is 299 g/mol. The second kappa shape index (κ2) is 10.7. The highest BCUT2D eigenvalue weighted by Gasteiger charge is 2.13. The Morgan fingerprint density at radius 1 is 1.25 bits per heavy atom. The van der Waals surface area contributed by atoms with Crippen molar-refractivity contribution in [3.63, 3.8) is 0 Å². The van der Waals surface area contributed by atoms with E-state index < -0.39 is 0 Å². The molecule has 20 heavy (non-hydrogen) atoms. The van der Waals surface area contributed by atoms with Crippen LogP contribution in [0.3, 0.4) is 0 Å². The smallest absolute Gasteiger partial charge is 0.220 e. The lowest BCUT2D eigenvalue weighted by molar-refractivity contribution is -0.121. The first-order valence-electron chi connectivity index (χ1n) is 7.20. The van der Waals surface area contributed by atoms with Gasteiger partial charge in [0.25, 0.3) is 0 Å². The van der Waals surface area contributed by atoms with E-state index in [4.69, 9.17) is 5.73 Å². The molecule has 1 unspecified atom stereocenters. The van der Waals surface area contributed by atoms with Crippen molar-refractivity contribution < 1.29 is 4.79 Å². The summed E-state index contributed by atoms with van der Waals surface area (Å²) in [5.41, 5.74) is 7.93. The van der Waals surface area contributed by atoms with Crippen molar-refractivity contribution in [1.82, 2.24) is 5.32 Å². The van der Waals surface area contributed by atoms with Crippen LogP contribution in [0.4, 0.5) is 0 Å². The zero-order valence-corrected chi connectivity index (χ0v) is 13.3. The van der Waals surface area contributed by atoms with Gasteiger partial charge in [0.15, 0.2) is 0 Å². The topological polar surface area (TPSA) is 55.1 Å². The Morgan fingerprint density at radius 3 is 2.45 bits per heavy atom. The van der Waals surface area contributed by atoms with E-state index in [0.717, 1.165) is 25.8 Å². The Balaban J connectivity index is 0.00000361. The van der Waals surface area contributed by atoms with Crippen molar-refractivity contribution >= 4 is 18.3 Å². The number of halogens is 1. The second-order valence-electron chi connectivity index (χ2n) is 5.07. The Kier molecular flexibility index (Phi) is 10.1. The van der Waals surface area contributed by atoms with Crippen molar-refractivity contribution in [2.75, 3.05) is 13.1 Å². The van der Waals surface area contributed by atoms with E-state index in [-0.39, 0.29) is 18.3 Å². The molecule has 0 spiro atoms. The van der Waals surface area contributed by atoms with E-state index in [1.54, 1.807) is 0 Å². The zero-order valence-electron chi connectivity index (χ0n) is 12.5. The number of benzene rings is 1. The third-order valence-electron chi connectivity index (χ3n) is 3.43. The number of rotatable bonds is 8. The van der Waals surface area contributed by atoms with Gasteiger partial charge in [-0.15, -0.1) is 12.4 Å². The van der Waals surface area contributed by atoms with Crippen LogP contribution in [0, 0.1) is 6.92 Å². The van der Waals surface area contributed by atoms with Gasteiger partial charge in [0.1, 0.15) is 0 Å². The molecule has 0 saturated carbocycles. The number of carbonyl (C=O) groups is 1. The minimum atomic E-state index is 0. The molecule has 0 aliphatic heterocycles. The lowest BCUT2D eigenvalue weighted by Gasteiger charge is -2.15. The van der Waals surface area contributed by atoms with E-state index in [1.165, 1.54) is 11.1 Å². The maximum absolute atomic E-state index is 11.9. The lowest BCUT2D eigenvalue weighted by Crippen LogP contribution is -2.26. The first-order chi connectivity index (χ1) is 9.17. The van der Waals surface area contributed by atoms with Gasteiger partial charge in [-0.3, -0.25) is 4.79 Å². The fraction of sp³-hybridized carbons (Fsp3) is 0.562. The standard InChI is InChI=1S/C16H26N2O.ClH/c1-3-14(15-8-6-13(2)7-9-15)12-16(19)18-11-5-4-10-17;/h6-9,14H,3-5,10-12,17H2,1-2H3,(H,18,19);1H. The molecule has 1 rings (SSSR count). The Hall–Kier alpha value is -1.06. The number of nitrogens with one attached hydrogen (secondary N) is 1. The second-order valence-corrected chi connectivity index (χ2v) is 5.07. The summed E-state index contributed by atoms with van der Waals surface area (Å²) in [4.78, 5) is 11.9. The summed E-state index contributed by atoms with van der Waals surface area (Å²) in [6, 6.07) is 8.48. The van der Waals surface area contributed by atoms with E-state index in [2.05, 4.69) is 43.4 Å². The molecule has 0 saturated heterocycles. The van der Waals surface area contributed by atoms with E-state index in [0.29, 0.717) is 18.9 Å². The van der Waals surface area contributed by atoms with Crippen molar-refractivity contribution in [1.29, 1.82) is 0 Å². The van der Waals surface area contributed by atoms with Crippen molar-refractivity contribution in [3.8, 4) is 0 Å². The lowest BCUT2D eigenvalue weighted by atomic mass is 9.92. The predicted octanol–water partition coefficient (Wildman–Crippen LogP) is 3.16. The van der Waals surface area contributed by atoms with Gasteiger partial charge >= 0.3 is 0 Å². The molecule has 0 heterocycles. The summed E-state index contributed by atoms with van der Waals surface area (Å²) < 4.78 is 0. The molecule has 1 atom stereocenters. The number of nitrogens with two attached hydrogens (primary N) is 1. The largest absolute Gasteiger partial charge is 0.356 e. The Bertz CT molecular complexity index is 379. The van der Waals surface area contributed by atoms with Gasteiger partial charge in [-0.25, -0.2) is 0 Å². The van der Waals surface area contributed by atoms with Crippen LogP contribution in [0.15, 0.2) is 24.3 Å². The molecule has 0 aromatic heterocycles. The van der Waals surface area contributed by atoms with Gasteiger partial charge in [0, 0.05) is 13.0 Å². The summed E-state index contributed by atoms with van der Waals surface area (Å²) in [7, 11) is 0. The molecule has 0 aliphatic carbocycles. The van der Waals surface area contributed by atoms with Crippen LogP contribution in [-0.2, 0) is 4.79 Å². The highest BCUT2D eigenvalue weighted by molar-refractivity contribution is 5.85. The molecule has 0 aliphatic rings. The van der Waals surface area contributed by atoms with Crippen LogP contribution in [0.2, 0.25) is 0 Å². The van der Waals surface area contributed by atoms with Crippen LogP contribution in [-0.4, -0.2) is 19.0 Å². The summed E-state index contributed by atoms with van der Waals surface area (Å²) in [5, 5.41) is 2.97. The van der Waals surface area contributed by atoms with E-state index in [1.807, 2.05) is 0 Å². The summed E-state index contributed by atoms with van der Waals surface area (Å²) in [6.07, 6.45) is 3.49. The Morgan fingerprint density at radius 2 is 1.90 bits per heavy atom. The molecule has 1 aromatic rings. The summed E-state index contributed by atoms with van der Waals surface area (Å²) in [5.74, 6) is 0.458. The molecule has 0 bridgehead atoms. The molecule has 1 aromatic carbocycles. The molecular weight excluding hydrogens is 272 g/mol. The maximum atomic E-state index is 11.9. The number of carbonyl (C=O) groups excluding carboxylic acids is 1. The van der Waals surface area contributed by atoms with Crippen LogP contribution in [0.1, 0.15) is 49.7 Å². The third-order valence-corrected chi connectivity index (χ3v) is 3.43. The first-order valence-corrected chi connectivity index (χ1v) is 7.20. The minimum absolute atomic E-state index is 0. The van der Waals surface area contributed by atoms with E-state index in [9.17, 15) is 4.79 Å². The molecule has 1 amide bonds. The molecule has 114 valence electrons. The fourth-order valence-electron chi connectivity index (χ4n) is 2.13.